The summed E-state index contributed by atoms with van der Waals surface area (Å²) >= 11 is 7.71. The molecule has 2 amide bonds. The first-order chi connectivity index (χ1) is 15.0. The van der Waals surface area contributed by atoms with E-state index < -0.39 is 5.82 Å². The van der Waals surface area contributed by atoms with Gasteiger partial charge in [0.25, 0.3) is 5.91 Å². The van der Waals surface area contributed by atoms with Gasteiger partial charge in [0.1, 0.15) is 10.1 Å². The molecule has 0 radical (unpaired) electrons. The zero-order valence-electron chi connectivity index (χ0n) is 16.1. The van der Waals surface area contributed by atoms with Gasteiger partial charge in [-0.1, -0.05) is 72.5 Å². The molecule has 31 heavy (non-hydrogen) atoms. The summed E-state index contributed by atoms with van der Waals surface area (Å²) in [5.74, 6) is -1.00. The number of hydrogen-bond acceptors (Lipinski definition) is 6. The van der Waals surface area contributed by atoms with Gasteiger partial charge >= 0.3 is 0 Å². The van der Waals surface area contributed by atoms with Crippen molar-refractivity contribution >= 4 is 62.7 Å². The van der Waals surface area contributed by atoms with Crippen molar-refractivity contribution in [1.29, 1.82) is 0 Å². The minimum absolute atomic E-state index is 0.0691. The average Bonchev–Trinajstić information content (AvgIpc) is 3.33. The first kappa shape index (κ1) is 21.4. The number of benzene rings is 2. The van der Waals surface area contributed by atoms with Crippen molar-refractivity contribution in [3.8, 4) is 11.3 Å². The summed E-state index contributed by atoms with van der Waals surface area (Å²) in [7, 11) is 0. The molecule has 9 heteroatoms. The molecule has 0 bridgehead atoms. The minimum atomic E-state index is -0.412. The van der Waals surface area contributed by atoms with E-state index in [1.807, 2.05) is 35.7 Å². The lowest BCUT2D eigenvalue weighted by Gasteiger charge is -2.13. The van der Waals surface area contributed by atoms with Gasteiger partial charge in [-0.15, -0.1) is 11.3 Å². The summed E-state index contributed by atoms with van der Waals surface area (Å²) in [4.78, 5) is 31.1. The molecule has 5 nitrogen and oxygen atoms in total. The Kier molecular flexibility index (Phi) is 6.55. The predicted molar refractivity (Wildman–Crippen MR) is 127 cm³/mol. The smallest absolute Gasteiger partial charge is 0.266 e. The van der Waals surface area contributed by atoms with Gasteiger partial charge in [-0.2, -0.15) is 0 Å². The number of rotatable bonds is 6. The number of hydrogen-bond donors (Lipinski definition) is 1. The fourth-order valence-electron chi connectivity index (χ4n) is 2.89. The van der Waals surface area contributed by atoms with Gasteiger partial charge in [0, 0.05) is 29.5 Å². The maximum atomic E-state index is 13.9. The van der Waals surface area contributed by atoms with Crippen molar-refractivity contribution in [2.24, 2.45) is 0 Å². The molecule has 156 valence electrons. The molecule has 0 saturated carbocycles. The van der Waals surface area contributed by atoms with Crippen LogP contribution in [0.15, 0.2) is 64.9 Å². The Labute approximate surface area is 192 Å². The topological polar surface area (TPSA) is 62.3 Å². The van der Waals surface area contributed by atoms with E-state index in [4.69, 9.17) is 12.2 Å². The van der Waals surface area contributed by atoms with Gasteiger partial charge in [0.15, 0.2) is 5.13 Å². The maximum Gasteiger partial charge on any atom is 0.266 e. The fourth-order valence-corrected chi connectivity index (χ4v) is 4.93. The number of nitrogens with zero attached hydrogens (tertiary/aromatic N) is 2. The molecule has 2 aromatic carbocycles. The van der Waals surface area contributed by atoms with Crippen molar-refractivity contribution in [1.82, 2.24) is 9.88 Å². The summed E-state index contributed by atoms with van der Waals surface area (Å²) < 4.78 is 14.2. The van der Waals surface area contributed by atoms with Crippen LogP contribution in [0.4, 0.5) is 9.52 Å². The van der Waals surface area contributed by atoms with Gasteiger partial charge in [0.05, 0.1) is 10.6 Å². The molecular weight excluding hydrogens is 453 g/mol. The van der Waals surface area contributed by atoms with E-state index in [2.05, 4.69) is 10.3 Å². The third-order valence-electron chi connectivity index (χ3n) is 4.45. The normalized spacial score (nSPS) is 15.0. The molecule has 0 unspecified atom stereocenters. The van der Waals surface area contributed by atoms with Crippen LogP contribution in [0.25, 0.3) is 17.3 Å². The third kappa shape index (κ3) is 5.07. The number of halogens is 1. The number of carbonyl (C=O) groups excluding carboxylic acids is 2. The highest BCUT2D eigenvalue weighted by Gasteiger charge is 2.32. The predicted octanol–water partition coefficient (Wildman–Crippen LogP) is 5.18. The number of thiazole rings is 1. The Morgan fingerprint density at radius 3 is 2.68 bits per heavy atom. The molecule has 3 aromatic rings. The van der Waals surface area contributed by atoms with Crippen molar-refractivity contribution in [2.45, 2.75) is 6.42 Å². The lowest BCUT2D eigenvalue weighted by atomic mass is 10.2. The second-order valence-corrected chi connectivity index (χ2v) is 9.09. The summed E-state index contributed by atoms with van der Waals surface area (Å²) in [5, 5.41) is 5.13. The van der Waals surface area contributed by atoms with E-state index in [0.717, 1.165) is 23.0 Å². The van der Waals surface area contributed by atoms with Crippen molar-refractivity contribution < 1.29 is 14.0 Å². The third-order valence-corrected chi connectivity index (χ3v) is 6.58. The van der Waals surface area contributed by atoms with Crippen molar-refractivity contribution in [3.63, 3.8) is 0 Å². The molecule has 0 atom stereocenters. The van der Waals surface area contributed by atoms with Crippen LogP contribution in [-0.4, -0.2) is 32.6 Å². The molecule has 4 rings (SSSR count). The van der Waals surface area contributed by atoms with Crippen molar-refractivity contribution in [2.75, 3.05) is 11.9 Å². The van der Waals surface area contributed by atoms with E-state index in [9.17, 15) is 14.0 Å². The highest BCUT2D eigenvalue weighted by molar-refractivity contribution is 8.26. The second kappa shape index (κ2) is 9.51. The van der Waals surface area contributed by atoms with Crippen LogP contribution in [0.3, 0.4) is 0 Å². The van der Waals surface area contributed by atoms with Crippen LogP contribution >= 0.6 is 35.3 Å². The molecular formula is C22H16FN3O2S3. The van der Waals surface area contributed by atoms with E-state index in [1.165, 1.54) is 28.4 Å². The standard InChI is InChI=1S/C22H16FN3O2S3/c23-16-9-5-4-8-15(16)12-18-20(28)26(22(29)31-18)11-10-19(27)25-21-24-17(13-30-21)14-6-2-1-3-7-14/h1-9,12-13H,10-11H2,(H,24,25,27). The Morgan fingerprint density at radius 2 is 1.90 bits per heavy atom. The molecule has 1 saturated heterocycles. The molecule has 0 spiro atoms. The highest BCUT2D eigenvalue weighted by atomic mass is 32.2. The summed E-state index contributed by atoms with van der Waals surface area (Å²) in [6.45, 7) is 0.141. The Balaban J connectivity index is 1.35. The van der Waals surface area contributed by atoms with E-state index in [1.54, 1.807) is 18.2 Å². The number of anilines is 1. The SMILES string of the molecule is O=C(CCN1C(=O)C(=Cc2ccccc2F)SC1=S)Nc1nc(-c2ccccc2)cs1. The van der Waals surface area contributed by atoms with E-state index in [0.29, 0.717) is 19.9 Å². The number of amides is 2. The molecule has 2 heterocycles. The van der Waals surface area contributed by atoms with Crippen LogP contribution in [0.2, 0.25) is 0 Å². The Morgan fingerprint density at radius 1 is 1.16 bits per heavy atom. The molecule has 1 N–H and O–H groups in total. The van der Waals surface area contributed by atoms with E-state index in [-0.39, 0.29) is 24.8 Å². The summed E-state index contributed by atoms with van der Waals surface area (Å²) in [6, 6.07) is 15.9. The first-order valence-corrected chi connectivity index (χ1v) is 11.4. The largest absolute Gasteiger partial charge is 0.302 e. The molecule has 1 aliphatic rings. The zero-order valence-corrected chi connectivity index (χ0v) is 18.5. The number of thiocarbonyl (C=S) groups is 1. The van der Waals surface area contributed by atoms with Crippen molar-refractivity contribution in [3.05, 3.63) is 76.3 Å². The van der Waals surface area contributed by atoms with Crippen LogP contribution in [0.5, 0.6) is 0 Å². The Bertz CT molecular complexity index is 1180. The lowest BCUT2D eigenvalue weighted by Crippen LogP contribution is -2.31. The monoisotopic (exact) mass is 469 g/mol. The molecule has 1 aliphatic heterocycles. The van der Waals surface area contributed by atoms with Gasteiger partial charge in [-0.25, -0.2) is 9.37 Å². The second-order valence-electron chi connectivity index (χ2n) is 6.56. The summed E-state index contributed by atoms with van der Waals surface area (Å²) in [6.07, 6.45) is 1.55. The van der Waals surface area contributed by atoms with E-state index >= 15 is 0 Å². The van der Waals surface area contributed by atoms with Gasteiger partial charge in [0.2, 0.25) is 5.91 Å². The average molecular weight is 470 g/mol. The van der Waals surface area contributed by atoms with Gasteiger partial charge in [-0.05, 0) is 12.1 Å². The first-order valence-electron chi connectivity index (χ1n) is 9.32. The van der Waals surface area contributed by atoms with Crippen LogP contribution in [0, 0.1) is 5.82 Å². The number of aromatic nitrogens is 1. The maximum absolute atomic E-state index is 13.9. The van der Waals surface area contributed by atoms with Gasteiger partial charge in [-0.3, -0.25) is 14.5 Å². The van der Waals surface area contributed by atoms with Crippen LogP contribution < -0.4 is 5.32 Å². The highest BCUT2D eigenvalue weighted by Crippen LogP contribution is 2.33. The molecule has 1 fully saturated rings. The quantitative estimate of drug-likeness (QED) is 0.398. The Hall–Kier alpha value is -2.88. The number of thioether (sulfide) groups is 1. The van der Waals surface area contributed by atoms with Gasteiger partial charge < -0.3 is 5.32 Å². The molecule has 0 aliphatic carbocycles. The molecule has 1 aromatic heterocycles. The zero-order chi connectivity index (χ0) is 21.8. The van der Waals surface area contributed by atoms with Crippen LogP contribution in [-0.2, 0) is 9.59 Å². The fraction of sp³-hybridized carbons (Fsp3) is 0.0909. The summed E-state index contributed by atoms with van der Waals surface area (Å²) in [5.41, 5.74) is 2.08. The minimum Gasteiger partial charge on any atom is -0.302 e. The van der Waals surface area contributed by atoms with Crippen LogP contribution in [0.1, 0.15) is 12.0 Å². The lowest BCUT2D eigenvalue weighted by molar-refractivity contribution is -0.122. The number of nitrogens with one attached hydrogen (secondary N) is 1. The number of carbonyl (C=O) groups is 2.